The van der Waals surface area contributed by atoms with Gasteiger partial charge in [-0.25, -0.2) is 0 Å². The molecule has 2 heteroatoms. The van der Waals surface area contributed by atoms with Crippen molar-refractivity contribution in [3.63, 3.8) is 0 Å². The van der Waals surface area contributed by atoms with Crippen molar-refractivity contribution in [3.8, 4) is 0 Å². The van der Waals surface area contributed by atoms with Gasteiger partial charge in [-0.05, 0) is 42.4 Å². The van der Waals surface area contributed by atoms with E-state index in [-0.39, 0.29) is 0 Å². The summed E-state index contributed by atoms with van der Waals surface area (Å²) in [5.41, 5.74) is 3.73. The second-order valence-electron chi connectivity index (χ2n) is 5.08. The largest absolute Gasteiger partial charge is 0.0840 e. The van der Waals surface area contributed by atoms with Gasteiger partial charge in [0.2, 0.25) is 0 Å². The number of aryl methyl sites for hydroxylation is 1. The van der Waals surface area contributed by atoms with E-state index in [0.29, 0.717) is 10.8 Å². The highest BCUT2D eigenvalue weighted by Crippen LogP contribution is 2.86. The average molecular weight is 272 g/mol. The van der Waals surface area contributed by atoms with Crippen LogP contribution in [-0.2, 0) is 5.41 Å². The number of fused-ring (bicyclic) bond motifs is 1. The first kappa shape index (κ1) is 9.23. The molecule has 0 radical (unpaired) electrons. The Balaban J connectivity index is 2.12. The van der Waals surface area contributed by atoms with Crippen molar-refractivity contribution in [1.82, 2.24) is 0 Å². The minimum absolute atomic E-state index is 0.468. The van der Waals surface area contributed by atoms with Gasteiger partial charge >= 0.3 is 0 Å². The monoisotopic (exact) mass is 270 g/mol. The summed E-state index contributed by atoms with van der Waals surface area (Å²) in [4.78, 5) is 0. The normalized spacial score (nSPS) is 38.0. The maximum absolute atomic E-state index is 6.28. The van der Waals surface area contributed by atoms with Crippen molar-refractivity contribution < 1.29 is 0 Å². The quantitative estimate of drug-likeness (QED) is 0.707. The summed E-state index contributed by atoms with van der Waals surface area (Å²) in [5, 5.41) is 0.934. The smallest absolute Gasteiger partial charge is 0.0455 e. The lowest BCUT2D eigenvalue weighted by molar-refractivity contribution is 0.713. The minimum Gasteiger partial charge on any atom is -0.0840 e. The third kappa shape index (κ3) is 0.953. The molecule has 2 aliphatic rings. The number of halogens is 2. The van der Waals surface area contributed by atoms with Gasteiger partial charge in [0.1, 0.15) is 0 Å². The summed E-state index contributed by atoms with van der Waals surface area (Å²) in [7, 11) is 0. The number of hydrogen-bond acceptors (Lipinski definition) is 0. The Hall–Kier alpha value is -0.0100. The van der Waals surface area contributed by atoms with Crippen LogP contribution in [0.1, 0.15) is 30.9 Å². The van der Waals surface area contributed by atoms with Crippen LogP contribution in [0.2, 0.25) is 5.02 Å². The SMILES string of the molecule is Cc1cc(C23CC2(C)C3)c(Cl)cc1Br. The van der Waals surface area contributed by atoms with Gasteiger partial charge in [-0.2, -0.15) is 0 Å². The van der Waals surface area contributed by atoms with Crippen molar-refractivity contribution in [1.29, 1.82) is 0 Å². The Bertz CT molecular complexity index is 430. The molecule has 0 saturated heterocycles. The van der Waals surface area contributed by atoms with Crippen molar-refractivity contribution in [2.75, 3.05) is 0 Å². The van der Waals surface area contributed by atoms with E-state index >= 15 is 0 Å². The van der Waals surface area contributed by atoms with Gasteiger partial charge in [-0.1, -0.05) is 40.5 Å². The molecule has 0 aromatic heterocycles. The van der Waals surface area contributed by atoms with E-state index in [1.54, 1.807) is 0 Å². The molecular formula is C12H12BrCl. The van der Waals surface area contributed by atoms with E-state index in [4.69, 9.17) is 11.6 Å². The zero-order valence-electron chi connectivity index (χ0n) is 8.32. The Labute approximate surface area is 97.8 Å². The standard InChI is InChI=1S/C12H12BrCl/c1-7-3-8(10(14)4-9(7)13)12-5-11(12,2)6-12/h3-4H,5-6H2,1-2H3. The zero-order chi connectivity index (χ0) is 10.1. The van der Waals surface area contributed by atoms with E-state index in [9.17, 15) is 0 Å². The number of benzene rings is 1. The maximum Gasteiger partial charge on any atom is 0.0455 e. The van der Waals surface area contributed by atoms with Crippen LogP contribution >= 0.6 is 27.5 Å². The van der Waals surface area contributed by atoms with E-state index < -0.39 is 0 Å². The van der Waals surface area contributed by atoms with Gasteiger partial charge in [-0.15, -0.1) is 0 Å². The highest BCUT2D eigenvalue weighted by atomic mass is 79.9. The van der Waals surface area contributed by atoms with E-state index in [2.05, 4.69) is 35.8 Å². The van der Waals surface area contributed by atoms with Crippen molar-refractivity contribution >= 4 is 27.5 Å². The second kappa shape index (κ2) is 2.38. The third-order valence-electron chi connectivity index (χ3n) is 4.05. The molecule has 3 rings (SSSR count). The molecule has 1 aromatic carbocycles. The zero-order valence-corrected chi connectivity index (χ0v) is 10.7. The summed E-state index contributed by atoms with van der Waals surface area (Å²) >= 11 is 9.79. The molecule has 0 aliphatic heterocycles. The second-order valence-corrected chi connectivity index (χ2v) is 6.34. The molecule has 0 spiro atoms. The summed E-state index contributed by atoms with van der Waals surface area (Å²) in [5.74, 6) is 0. The molecule has 14 heavy (non-hydrogen) atoms. The summed E-state index contributed by atoms with van der Waals surface area (Å²) < 4.78 is 1.12. The highest BCUT2D eigenvalue weighted by molar-refractivity contribution is 9.10. The van der Waals surface area contributed by atoms with Gasteiger partial charge < -0.3 is 0 Å². The molecule has 0 heterocycles. The van der Waals surface area contributed by atoms with Crippen molar-refractivity contribution in [3.05, 3.63) is 32.8 Å². The van der Waals surface area contributed by atoms with Crippen LogP contribution in [-0.4, -0.2) is 0 Å². The predicted octanol–water partition coefficient (Wildman–Crippen LogP) is 4.46. The average Bonchev–Trinajstić information content (AvgIpc) is 2.82. The molecular weight excluding hydrogens is 259 g/mol. The minimum atomic E-state index is 0.468. The van der Waals surface area contributed by atoms with E-state index in [1.165, 1.54) is 24.0 Å². The molecule has 1 aromatic rings. The fraction of sp³-hybridized carbons (Fsp3) is 0.500. The van der Waals surface area contributed by atoms with Crippen LogP contribution in [0.3, 0.4) is 0 Å². The molecule has 0 atom stereocenters. The van der Waals surface area contributed by atoms with Gasteiger partial charge in [0, 0.05) is 14.9 Å². The molecule has 0 amide bonds. The molecule has 2 fully saturated rings. The Morgan fingerprint density at radius 1 is 1.36 bits per heavy atom. The van der Waals surface area contributed by atoms with Gasteiger partial charge in [0.25, 0.3) is 0 Å². The third-order valence-corrected chi connectivity index (χ3v) is 5.22. The molecule has 0 N–H and O–H groups in total. The van der Waals surface area contributed by atoms with Crippen LogP contribution < -0.4 is 0 Å². The van der Waals surface area contributed by atoms with Gasteiger partial charge in [0.15, 0.2) is 0 Å². The number of hydrogen-bond donors (Lipinski definition) is 0. The van der Waals surface area contributed by atoms with E-state index in [0.717, 1.165) is 9.50 Å². The van der Waals surface area contributed by atoms with Crippen molar-refractivity contribution in [2.24, 2.45) is 5.41 Å². The first-order valence-electron chi connectivity index (χ1n) is 4.95. The lowest BCUT2D eigenvalue weighted by atomic mass is 10.0. The summed E-state index contributed by atoms with van der Waals surface area (Å²) in [6.07, 6.45) is 2.67. The number of rotatable bonds is 1. The molecule has 0 unspecified atom stereocenters. The maximum atomic E-state index is 6.28. The molecule has 2 saturated carbocycles. The van der Waals surface area contributed by atoms with Crippen molar-refractivity contribution in [2.45, 2.75) is 32.1 Å². The molecule has 2 aliphatic carbocycles. The topological polar surface area (TPSA) is 0 Å². The predicted molar refractivity (Wildman–Crippen MR) is 62.9 cm³/mol. The van der Waals surface area contributed by atoms with Gasteiger partial charge in [-0.3, -0.25) is 0 Å². The van der Waals surface area contributed by atoms with E-state index in [1.807, 2.05) is 6.07 Å². The first-order valence-corrected chi connectivity index (χ1v) is 6.12. The van der Waals surface area contributed by atoms with Crippen LogP contribution in [0.25, 0.3) is 0 Å². The van der Waals surface area contributed by atoms with Crippen LogP contribution in [0.5, 0.6) is 0 Å². The van der Waals surface area contributed by atoms with Gasteiger partial charge in [0.05, 0.1) is 0 Å². The lowest BCUT2D eigenvalue weighted by Crippen LogP contribution is -1.96. The Morgan fingerprint density at radius 3 is 2.43 bits per heavy atom. The highest BCUT2D eigenvalue weighted by Gasteiger charge is 2.80. The summed E-state index contributed by atoms with van der Waals surface area (Å²) in [6.45, 7) is 4.49. The first-order chi connectivity index (χ1) is 6.48. The van der Waals surface area contributed by atoms with Crippen LogP contribution in [0.15, 0.2) is 16.6 Å². The summed E-state index contributed by atoms with van der Waals surface area (Å²) in [6, 6.07) is 4.29. The fourth-order valence-corrected chi connectivity index (χ4v) is 3.55. The Kier molecular flexibility index (Phi) is 1.57. The fourth-order valence-electron chi connectivity index (χ4n) is 2.73. The molecule has 0 bridgehead atoms. The van der Waals surface area contributed by atoms with Crippen LogP contribution in [0, 0.1) is 12.3 Å². The van der Waals surface area contributed by atoms with Crippen LogP contribution in [0.4, 0.5) is 0 Å². The molecule has 74 valence electrons. The lowest BCUT2D eigenvalue weighted by Gasteiger charge is -2.09. The molecule has 0 nitrogen and oxygen atoms in total. The Morgan fingerprint density at radius 2 is 1.93 bits per heavy atom.